The third-order valence-corrected chi connectivity index (χ3v) is 5.21. The van der Waals surface area contributed by atoms with E-state index in [1.807, 2.05) is 0 Å². The first-order valence-corrected chi connectivity index (χ1v) is 8.77. The topological polar surface area (TPSA) is 101 Å². The van der Waals surface area contributed by atoms with Crippen molar-refractivity contribution in [3.8, 4) is 0 Å². The molecule has 3 rings (SSSR count). The standard InChI is InChI=1S/C13H15N5O2S2/c1-7-11(20)16-13(18-17-7)21-6-10(19)15-12-14-8-4-2-3-5-9(8)22-12/h2-6H2,1H3,(H,14,15,19)(H,16,18,20). The fourth-order valence-corrected chi connectivity index (χ4v) is 3.81. The number of amides is 1. The summed E-state index contributed by atoms with van der Waals surface area (Å²) < 4.78 is 0. The van der Waals surface area contributed by atoms with Gasteiger partial charge in [-0.2, -0.15) is 0 Å². The molecule has 0 aromatic carbocycles. The van der Waals surface area contributed by atoms with Crippen LogP contribution in [0.1, 0.15) is 29.1 Å². The predicted octanol–water partition coefficient (Wildman–Crippen LogP) is 1.54. The van der Waals surface area contributed by atoms with E-state index in [-0.39, 0.29) is 17.2 Å². The Kier molecular flexibility index (Phi) is 4.53. The van der Waals surface area contributed by atoms with Gasteiger partial charge in [-0.3, -0.25) is 14.6 Å². The highest BCUT2D eigenvalue weighted by Crippen LogP contribution is 2.29. The fourth-order valence-electron chi connectivity index (χ4n) is 2.14. The van der Waals surface area contributed by atoms with Crippen molar-refractivity contribution in [2.24, 2.45) is 0 Å². The number of nitrogens with one attached hydrogen (secondary N) is 2. The molecule has 0 saturated carbocycles. The molecule has 0 radical (unpaired) electrons. The normalized spacial score (nSPS) is 13.7. The van der Waals surface area contributed by atoms with Gasteiger partial charge in [-0.25, -0.2) is 4.98 Å². The smallest absolute Gasteiger partial charge is 0.273 e. The van der Waals surface area contributed by atoms with Crippen LogP contribution in [-0.2, 0) is 17.6 Å². The highest BCUT2D eigenvalue weighted by molar-refractivity contribution is 7.99. The Morgan fingerprint density at radius 2 is 2.18 bits per heavy atom. The first-order chi connectivity index (χ1) is 10.6. The van der Waals surface area contributed by atoms with Crippen LogP contribution in [0.25, 0.3) is 0 Å². The minimum Gasteiger partial charge on any atom is -0.301 e. The third kappa shape index (κ3) is 3.53. The van der Waals surface area contributed by atoms with Crippen molar-refractivity contribution < 1.29 is 4.79 Å². The Morgan fingerprint density at radius 1 is 1.36 bits per heavy atom. The van der Waals surface area contributed by atoms with Gasteiger partial charge in [-0.1, -0.05) is 11.8 Å². The minimum absolute atomic E-state index is 0.151. The number of nitrogens with zero attached hydrogens (tertiary/aromatic N) is 3. The predicted molar refractivity (Wildman–Crippen MR) is 85.5 cm³/mol. The van der Waals surface area contributed by atoms with E-state index >= 15 is 0 Å². The number of aromatic amines is 1. The summed E-state index contributed by atoms with van der Waals surface area (Å²) in [7, 11) is 0. The van der Waals surface area contributed by atoms with Gasteiger partial charge in [0, 0.05) is 4.88 Å². The van der Waals surface area contributed by atoms with Gasteiger partial charge in [0.15, 0.2) is 10.3 Å². The molecule has 0 unspecified atom stereocenters. The van der Waals surface area contributed by atoms with Crippen molar-refractivity contribution in [3.63, 3.8) is 0 Å². The van der Waals surface area contributed by atoms with E-state index in [1.165, 1.54) is 17.7 Å². The minimum atomic E-state index is -0.287. The lowest BCUT2D eigenvalue weighted by molar-refractivity contribution is -0.113. The van der Waals surface area contributed by atoms with Crippen LogP contribution in [-0.4, -0.2) is 31.8 Å². The van der Waals surface area contributed by atoms with Crippen LogP contribution in [0.2, 0.25) is 0 Å². The molecular formula is C13H15N5O2S2. The molecule has 0 saturated heterocycles. The van der Waals surface area contributed by atoms with Gasteiger partial charge in [-0.05, 0) is 32.6 Å². The molecule has 0 spiro atoms. The first kappa shape index (κ1) is 15.2. The van der Waals surface area contributed by atoms with Crippen LogP contribution in [0.5, 0.6) is 0 Å². The van der Waals surface area contributed by atoms with Gasteiger partial charge in [0.1, 0.15) is 5.69 Å². The second-order valence-electron chi connectivity index (χ2n) is 4.98. The first-order valence-electron chi connectivity index (χ1n) is 6.96. The van der Waals surface area contributed by atoms with Gasteiger partial charge in [0.05, 0.1) is 11.4 Å². The monoisotopic (exact) mass is 337 g/mol. The average Bonchev–Trinajstić information content (AvgIpc) is 2.90. The lowest BCUT2D eigenvalue weighted by atomic mass is 10.0. The Labute approximate surface area is 135 Å². The highest BCUT2D eigenvalue weighted by atomic mass is 32.2. The number of thiazole rings is 1. The summed E-state index contributed by atoms with van der Waals surface area (Å²) in [4.78, 5) is 31.7. The maximum atomic E-state index is 11.9. The van der Waals surface area contributed by atoms with Crippen LogP contribution in [0.3, 0.4) is 0 Å². The molecule has 0 aliphatic heterocycles. The van der Waals surface area contributed by atoms with E-state index in [0.717, 1.165) is 30.3 Å². The summed E-state index contributed by atoms with van der Waals surface area (Å²) in [6.45, 7) is 1.58. The van der Waals surface area contributed by atoms with E-state index < -0.39 is 0 Å². The number of thioether (sulfide) groups is 1. The number of fused-ring (bicyclic) bond motifs is 1. The maximum absolute atomic E-state index is 11.9. The van der Waals surface area contributed by atoms with Crippen LogP contribution < -0.4 is 10.9 Å². The van der Waals surface area contributed by atoms with E-state index in [1.54, 1.807) is 18.3 Å². The van der Waals surface area contributed by atoms with E-state index in [0.29, 0.717) is 16.0 Å². The molecule has 2 N–H and O–H groups in total. The average molecular weight is 337 g/mol. The molecule has 7 nitrogen and oxygen atoms in total. The number of aromatic nitrogens is 4. The summed E-state index contributed by atoms with van der Waals surface area (Å²) in [6.07, 6.45) is 4.41. The van der Waals surface area contributed by atoms with Crippen molar-refractivity contribution >= 4 is 34.1 Å². The largest absolute Gasteiger partial charge is 0.301 e. The summed E-state index contributed by atoms with van der Waals surface area (Å²) in [5, 5.41) is 11.4. The van der Waals surface area contributed by atoms with E-state index in [4.69, 9.17) is 0 Å². The number of H-pyrrole nitrogens is 1. The summed E-state index contributed by atoms with van der Waals surface area (Å²) >= 11 is 2.69. The molecular weight excluding hydrogens is 322 g/mol. The Morgan fingerprint density at radius 3 is 2.95 bits per heavy atom. The van der Waals surface area contributed by atoms with Crippen molar-refractivity contribution in [2.75, 3.05) is 11.1 Å². The van der Waals surface area contributed by atoms with Crippen molar-refractivity contribution in [3.05, 3.63) is 26.6 Å². The maximum Gasteiger partial charge on any atom is 0.273 e. The quantitative estimate of drug-likeness (QED) is 0.821. The summed E-state index contributed by atoms with van der Waals surface area (Å²) in [6, 6.07) is 0. The van der Waals surface area contributed by atoms with Gasteiger partial charge in [0.2, 0.25) is 5.91 Å². The van der Waals surface area contributed by atoms with Crippen molar-refractivity contribution in [2.45, 2.75) is 37.8 Å². The SMILES string of the molecule is Cc1nnc(SCC(=O)Nc2nc3c(s2)CCCC3)[nH]c1=O. The van der Waals surface area contributed by atoms with E-state index in [2.05, 4.69) is 25.5 Å². The molecule has 1 amide bonds. The Hall–Kier alpha value is -1.74. The number of carbonyl (C=O) groups excluding carboxylic acids is 1. The Balaban J connectivity index is 1.57. The van der Waals surface area contributed by atoms with Gasteiger partial charge < -0.3 is 5.32 Å². The molecule has 1 aliphatic rings. The molecule has 22 heavy (non-hydrogen) atoms. The third-order valence-electron chi connectivity index (χ3n) is 3.27. The summed E-state index contributed by atoms with van der Waals surface area (Å²) in [5.41, 5.74) is 1.14. The zero-order valence-corrected chi connectivity index (χ0v) is 13.6. The molecule has 9 heteroatoms. The van der Waals surface area contributed by atoms with Crippen molar-refractivity contribution in [1.82, 2.24) is 20.2 Å². The van der Waals surface area contributed by atoms with E-state index in [9.17, 15) is 9.59 Å². The number of hydrogen-bond donors (Lipinski definition) is 2. The summed E-state index contributed by atoms with van der Waals surface area (Å²) in [5.74, 6) is -0.0166. The van der Waals surface area contributed by atoms with Crippen molar-refractivity contribution in [1.29, 1.82) is 0 Å². The molecule has 2 aromatic rings. The zero-order valence-electron chi connectivity index (χ0n) is 12.0. The van der Waals surface area contributed by atoms with Crippen LogP contribution in [0, 0.1) is 6.92 Å². The second-order valence-corrected chi connectivity index (χ2v) is 7.03. The van der Waals surface area contributed by atoms with Crippen LogP contribution in [0.15, 0.2) is 9.95 Å². The molecule has 116 valence electrons. The lowest BCUT2D eigenvalue weighted by Crippen LogP contribution is -2.17. The lowest BCUT2D eigenvalue weighted by Gasteiger charge is -2.06. The molecule has 0 fully saturated rings. The van der Waals surface area contributed by atoms with Crippen LogP contribution in [0.4, 0.5) is 5.13 Å². The zero-order chi connectivity index (χ0) is 15.5. The Bertz CT molecular complexity index is 732. The molecule has 1 aliphatic carbocycles. The molecule has 2 aromatic heterocycles. The number of rotatable bonds is 4. The van der Waals surface area contributed by atoms with Crippen LogP contribution >= 0.6 is 23.1 Å². The second kappa shape index (κ2) is 6.57. The molecule has 2 heterocycles. The number of aryl methyl sites for hydroxylation is 3. The van der Waals surface area contributed by atoms with Gasteiger partial charge >= 0.3 is 0 Å². The molecule has 0 bridgehead atoms. The van der Waals surface area contributed by atoms with Gasteiger partial charge in [-0.15, -0.1) is 21.5 Å². The molecule has 0 atom stereocenters. The number of anilines is 1. The van der Waals surface area contributed by atoms with Gasteiger partial charge in [0.25, 0.3) is 5.56 Å². The highest BCUT2D eigenvalue weighted by Gasteiger charge is 2.16. The fraction of sp³-hybridized carbons (Fsp3) is 0.462. The number of hydrogen-bond acceptors (Lipinski definition) is 7. The number of carbonyl (C=O) groups is 1.